The Morgan fingerprint density at radius 3 is 2.59 bits per heavy atom. The predicted molar refractivity (Wildman–Crippen MR) is 118 cm³/mol. The topological polar surface area (TPSA) is 42.3 Å². The molecule has 1 aliphatic carbocycles. The van der Waals surface area contributed by atoms with Crippen molar-refractivity contribution < 1.29 is 0 Å². The average Bonchev–Trinajstić information content (AvgIpc) is 2.80. The highest BCUT2D eigenvalue weighted by atomic mass is 15.4. The molecule has 1 aromatic rings. The van der Waals surface area contributed by atoms with Crippen molar-refractivity contribution in [2.45, 2.75) is 50.9 Å². The first kappa shape index (κ1) is 20.3. The van der Waals surface area contributed by atoms with Gasteiger partial charge in [-0.1, -0.05) is 69.0 Å². The fourth-order valence-corrected chi connectivity index (χ4v) is 5.77. The van der Waals surface area contributed by atoms with E-state index in [0.717, 1.165) is 56.9 Å². The number of piperidine rings is 1. The van der Waals surface area contributed by atoms with E-state index in [2.05, 4.69) is 58.1 Å². The molecule has 2 saturated heterocycles. The molecule has 0 radical (unpaired) electrons. The number of nitrogens with one attached hydrogen (secondary N) is 1. The Balaban J connectivity index is 1.43. The van der Waals surface area contributed by atoms with Gasteiger partial charge in [0.2, 0.25) is 0 Å². The van der Waals surface area contributed by atoms with Crippen molar-refractivity contribution in [3.63, 3.8) is 0 Å². The average molecular weight is 393 g/mol. The molecule has 156 valence electrons. The van der Waals surface area contributed by atoms with Gasteiger partial charge in [-0.15, -0.1) is 0 Å². The molecule has 4 nitrogen and oxygen atoms in total. The monoisotopic (exact) mass is 392 g/mol. The zero-order valence-corrected chi connectivity index (χ0v) is 17.7. The van der Waals surface area contributed by atoms with Gasteiger partial charge >= 0.3 is 0 Å². The van der Waals surface area contributed by atoms with Crippen LogP contribution >= 0.6 is 0 Å². The third-order valence-electron chi connectivity index (χ3n) is 7.40. The number of rotatable bonds is 5. The first-order valence-electron chi connectivity index (χ1n) is 11.6. The maximum Gasteiger partial charge on any atom is 0.0975 e. The molecule has 0 amide bonds. The van der Waals surface area contributed by atoms with Crippen molar-refractivity contribution in [2.24, 2.45) is 17.8 Å². The lowest BCUT2D eigenvalue weighted by Gasteiger charge is -2.46. The summed E-state index contributed by atoms with van der Waals surface area (Å²) in [6, 6.07) is 13.2. The van der Waals surface area contributed by atoms with Crippen molar-refractivity contribution in [3.8, 4) is 6.07 Å². The van der Waals surface area contributed by atoms with Crippen molar-refractivity contribution >= 4 is 0 Å². The lowest BCUT2D eigenvalue weighted by Crippen LogP contribution is -2.52. The minimum atomic E-state index is 0.419. The molecule has 3 unspecified atom stereocenters. The van der Waals surface area contributed by atoms with Gasteiger partial charge in [0.1, 0.15) is 0 Å². The highest BCUT2D eigenvalue weighted by Gasteiger charge is 2.33. The van der Waals surface area contributed by atoms with Crippen LogP contribution in [0.3, 0.4) is 0 Å². The molecule has 3 aliphatic rings. The van der Waals surface area contributed by atoms with Gasteiger partial charge in [-0.05, 0) is 29.7 Å². The molecule has 3 fully saturated rings. The minimum absolute atomic E-state index is 0.419. The zero-order valence-electron chi connectivity index (χ0n) is 17.7. The van der Waals surface area contributed by atoms with E-state index >= 15 is 0 Å². The summed E-state index contributed by atoms with van der Waals surface area (Å²) in [6.45, 7) is 9.68. The molecule has 1 aromatic carbocycles. The van der Waals surface area contributed by atoms with Gasteiger partial charge in [-0.3, -0.25) is 5.32 Å². The van der Waals surface area contributed by atoms with E-state index in [9.17, 15) is 5.26 Å². The lowest BCUT2D eigenvalue weighted by atomic mass is 9.79. The van der Waals surface area contributed by atoms with Gasteiger partial charge in [-0.2, -0.15) is 5.26 Å². The molecule has 1 N–H and O–H groups in total. The molecule has 3 atom stereocenters. The first-order valence-corrected chi connectivity index (χ1v) is 11.6. The van der Waals surface area contributed by atoms with E-state index in [-0.39, 0.29) is 0 Å². The van der Waals surface area contributed by atoms with Gasteiger partial charge < -0.3 is 9.80 Å². The molecular formula is C25H36N4. The molecule has 4 rings (SSSR count). The third-order valence-corrected chi connectivity index (χ3v) is 7.40. The van der Waals surface area contributed by atoms with E-state index in [1.165, 1.54) is 37.7 Å². The van der Waals surface area contributed by atoms with Crippen LogP contribution in [0.5, 0.6) is 0 Å². The summed E-state index contributed by atoms with van der Waals surface area (Å²) in [7, 11) is 0. The number of likely N-dealkylation sites (tertiary alicyclic amines) is 1. The largest absolute Gasteiger partial charge is 0.358 e. The first-order chi connectivity index (χ1) is 14.2. The zero-order chi connectivity index (χ0) is 20.1. The molecule has 0 bridgehead atoms. The van der Waals surface area contributed by atoms with Crippen molar-refractivity contribution in [1.29, 1.82) is 5.26 Å². The van der Waals surface area contributed by atoms with Crippen LogP contribution in [-0.2, 0) is 0 Å². The van der Waals surface area contributed by atoms with Gasteiger partial charge in [0, 0.05) is 38.5 Å². The highest BCUT2D eigenvalue weighted by molar-refractivity contribution is 5.21. The Bertz CT molecular complexity index is 703. The Morgan fingerprint density at radius 1 is 1.03 bits per heavy atom. The summed E-state index contributed by atoms with van der Waals surface area (Å²) in [5.41, 5.74) is 1.39. The number of nitriles is 1. The maximum absolute atomic E-state index is 9.32. The van der Waals surface area contributed by atoms with Crippen LogP contribution in [-0.4, -0.2) is 42.6 Å². The highest BCUT2D eigenvalue weighted by Crippen LogP contribution is 2.35. The lowest BCUT2D eigenvalue weighted by molar-refractivity contribution is 0.0849. The molecule has 4 heteroatoms. The molecule has 2 aliphatic heterocycles. The summed E-state index contributed by atoms with van der Waals surface area (Å²) in [5, 5.41) is 13.0. The van der Waals surface area contributed by atoms with E-state index in [1.54, 1.807) is 0 Å². The Morgan fingerprint density at radius 2 is 1.83 bits per heavy atom. The summed E-state index contributed by atoms with van der Waals surface area (Å²) in [5.74, 6) is 3.66. The van der Waals surface area contributed by atoms with Crippen molar-refractivity contribution in [1.82, 2.24) is 15.1 Å². The Labute approximate surface area is 176 Å². The molecule has 0 spiro atoms. The van der Waals surface area contributed by atoms with Gasteiger partial charge in [0.25, 0.3) is 0 Å². The third kappa shape index (κ3) is 4.95. The second-order valence-corrected chi connectivity index (χ2v) is 9.39. The summed E-state index contributed by atoms with van der Waals surface area (Å²) < 4.78 is 0. The summed E-state index contributed by atoms with van der Waals surface area (Å²) in [4.78, 5) is 4.94. The van der Waals surface area contributed by atoms with Gasteiger partial charge in [-0.25, -0.2) is 0 Å². The standard InChI is InChI=1S/C25H36N4/c1-20(29-18-25(15-27-19-29)23-10-6-3-7-11-23)28-16-21(12-13-26)14-24(17-28)22-8-4-2-5-9-22/h2,4-5,8-9,21,23-25,27H,1,3,6-7,10-12,14-19H2. The van der Waals surface area contributed by atoms with Gasteiger partial charge in [0.15, 0.2) is 0 Å². The normalized spacial score (nSPS) is 28.7. The van der Waals surface area contributed by atoms with Crippen LogP contribution in [0.2, 0.25) is 0 Å². The van der Waals surface area contributed by atoms with Crippen LogP contribution in [0.15, 0.2) is 42.7 Å². The molecule has 29 heavy (non-hydrogen) atoms. The van der Waals surface area contributed by atoms with Crippen molar-refractivity contribution in [2.75, 3.05) is 32.8 Å². The summed E-state index contributed by atoms with van der Waals surface area (Å²) >= 11 is 0. The van der Waals surface area contributed by atoms with Crippen LogP contribution in [0.4, 0.5) is 0 Å². The van der Waals surface area contributed by atoms with E-state index < -0.39 is 0 Å². The SMILES string of the molecule is C=C(N1CC(CC#N)CC(c2ccccc2)C1)N1CNCC(C2CCCCC2)C1. The minimum Gasteiger partial charge on any atom is -0.358 e. The Kier molecular flexibility index (Phi) is 6.77. The second-order valence-electron chi connectivity index (χ2n) is 9.39. The number of benzene rings is 1. The second kappa shape index (κ2) is 9.67. The maximum atomic E-state index is 9.32. The summed E-state index contributed by atoms with van der Waals surface area (Å²) in [6.07, 6.45) is 8.77. The van der Waals surface area contributed by atoms with E-state index in [1.807, 2.05) is 0 Å². The molecule has 2 heterocycles. The van der Waals surface area contributed by atoms with Gasteiger partial charge in [0.05, 0.1) is 18.6 Å². The van der Waals surface area contributed by atoms with Crippen molar-refractivity contribution in [3.05, 3.63) is 48.3 Å². The van der Waals surface area contributed by atoms with Crippen LogP contribution in [0.1, 0.15) is 56.4 Å². The molecule has 0 aromatic heterocycles. The quantitative estimate of drug-likeness (QED) is 0.799. The van der Waals surface area contributed by atoms with Crippen LogP contribution in [0.25, 0.3) is 0 Å². The fraction of sp³-hybridized carbons (Fsp3) is 0.640. The van der Waals surface area contributed by atoms with E-state index in [4.69, 9.17) is 0 Å². The molecular weight excluding hydrogens is 356 g/mol. The molecule has 1 saturated carbocycles. The van der Waals surface area contributed by atoms with Crippen LogP contribution in [0, 0.1) is 29.1 Å². The van der Waals surface area contributed by atoms with Crippen LogP contribution < -0.4 is 5.32 Å². The fourth-order valence-electron chi connectivity index (χ4n) is 5.77. The Hall–Kier alpha value is -1.99. The number of hydrogen-bond acceptors (Lipinski definition) is 4. The predicted octanol–water partition coefficient (Wildman–Crippen LogP) is 4.54. The smallest absolute Gasteiger partial charge is 0.0975 e. The van der Waals surface area contributed by atoms with E-state index in [0.29, 0.717) is 18.3 Å². The number of nitrogens with zero attached hydrogens (tertiary/aromatic N) is 3. The number of hydrogen-bond donors (Lipinski definition) is 1.